The molecule has 0 aromatic heterocycles. The molecular formula is C16H24N2O2. The fourth-order valence-electron chi connectivity index (χ4n) is 2.05. The molecule has 0 saturated heterocycles. The van der Waals surface area contributed by atoms with E-state index in [9.17, 15) is 4.79 Å². The van der Waals surface area contributed by atoms with Gasteiger partial charge >= 0.3 is 0 Å². The van der Waals surface area contributed by atoms with Gasteiger partial charge in [-0.1, -0.05) is 43.3 Å². The molecule has 2 atom stereocenters. The molecule has 0 aliphatic carbocycles. The molecule has 0 aliphatic heterocycles. The molecule has 0 heterocycles. The topological polar surface area (TPSA) is 55.6 Å². The maximum atomic E-state index is 12.5. The fraction of sp³-hybridized carbons (Fsp3) is 0.438. The minimum Gasteiger partial charge on any atom is -0.383 e. The second kappa shape index (κ2) is 8.51. The zero-order valence-corrected chi connectivity index (χ0v) is 12.3. The summed E-state index contributed by atoms with van der Waals surface area (Å²) < 4.78 is 5.03. The molecule has 0 radical (unpaired) electrons. The second-order valence-corrected chi connectivity index (χ2v) is 4.79. The summed E-state index contributed by atoms with van der Waals surface area (Å²) in [6, 6.07) is 9.38. The quantitative estimate of drug-likeness (QED) is 0.739. The summed E-state index contributed by atoms with van der Waals surface area (Å²) in [5.41, 5.74) is 7.17. The van der Waals surface area contributed by atoms with Gasteiger partial charge in [0.2, 0.25) is 5.91 Å². The van der Waals surface area contributed by atoms with E-state index in [2.05, 4.69) is 6.58 Å². The molecule has 0 saturated carbocycles. The summed E-state index contributed by atoms with van der Waals surface area (Å²) in [5, 5.41) is 0. The van der Waals surface area contributed by atoms with Crippen LogP contribution in [-0.4, -0.2) is 37.6 Å². The van der Waals surface area contributed by atoms with Crippen molar-refractivity contribution in [1.82, 2.24) is 4.90 Å². The summed E-state index contributed by atoms with van der Waals surface area (Å²) in [5.74, 6) is -0.257. The summed E-state index contributed by atoms with van der Waals surface area (Å²) in [6.45, 7) is 7.11. The Morgan fingerprint density at radius 3 is 2.65 bits per heavy atom. The molecule has 0 aliphatic rings. The number of carbonyl (C=O) groups is 1. The van der Waals surface area contributed by atoms with Crippen molar-refractivity contribution in [2.24, 2.45) is 11.7 Å². The monoisotopic (exact) mass is 276 g/mol. The Bertz CT molecular complexity index is 420. The van der Waals surface area contributed by atoms with Crippen molar-refractivity contribution in [3.8, 4) is 0 Å². The highest BCUT2D eigenvalue weighted by Crippen LogP contribution is 2.21. The van der Waals surface area contributed by atoms with Gasteiger partial charge in [0.15, 0.2) is 0 Å². The number of rotatable bonds is 8. The maximum absolute atomic E-state index is 12.5. The highest BCUT2D eigenvalue weighted by atomic mass is 16.5. The van der Waals surface area contributed by atoms with Crippen molar-refractivity contribution in [3.05, 3.63) is 48.6 Å². The SMILES string of the molecule is C=CCN(CCOC)C(=O)C(C)C(N)c1ccccc1. The van der Waals surface area contributed by atoms with Gasteiger partial charge in [-0.15, -0.1) is 6.58 Å². The van der Waals surface area contributed by atoms with Crippen LogP contribution in [0.5, 0.6) is 0 Å². The van der Waals surface area contributed by atoms with E-state index in [-0.39, 0.29) is 17.9 Å². The van der Waals surface area contributed by atoms with Crippen molar-refractivity contribution in [2.75, 3.05) is 26.8 Å². The lowest BCUT2D eigenvalue weighted by Crippen LogP contribution is -2.41. The highest BCUT2D eigenvalue weighted by Gasteiger charge is 2.25. The number of benzene rings is 1. The second-order valence-electron chi connectivity index (χ2n) is 4.79. The Kier molecular flexibility index (Phi) is 6.98. The number of hydrogen-bond acceptors (Lipinski definition) is 3. The third-order valence-electron chi connectivity index (χ3n) is 3.34. The van der Waals surface area contributed by atoms with Crippen molar-refractivity contribution in [3.63, 3.8) is 0 Å². The first-order chi connectivity index (χ1) is 9.61. The van der Waals surface area contributed by atoms with Crippen LogP contribution in [0.2, 0.25) is 0 Å². The highest BCUT2D eigenvalue weighted by molar-refractivity contribution is 5.79. The van der Waals surface area contributed by atoms with Gasteiger partial charge in [0, 0.05) is 26.2 Å². The Morgan fingerprint density at radius 2 is 2.10 bits per heavy atom. The minimum atomic E-state index is -0.307. The average molecular weight is 276 g/mol. The molecule has 0 fully saturated rings. The van der Waals surface area contributed by atoms with Gasteiger partial charge in [-0.2, -0.15) is 0 Å². The molecule has 110 valence electrons. The van der Waals surface area contributed by atoms with E-state index in [0.29, 0.717) is 19.7 Å². The first kappa shape index (κ1) is 16.4. The predicted molar refractivity (Wildman–Crippen MR) is 81.2 cm³/mol. The van der Waals surface area contributed by atoms with Crippen LogP contribution in [0.1, 0.15) is 18.5 Å². The lowest BCUT2D eigenvalue weighted by molar-refractivity contribution is -0.135. The van der Waals surface area contributed by atoms with E-state index >= 15 is 0 Å². The Morgan fingerprint density at radius 1 is 1.45 bits per heavy atom. The maximum Gasteiger partial charge on any atom is 0.227 e. The van der Waals surface area contributed by atoms with E-state index in [4.69, 9.17) is 10.5 Å². The molecule has 1 rings (SSSR count). The molecular weight excluding hydrogens is 252 g/mol. The van der Waals surface area contributed by atoms with E-state index in [0.717, 1.165) is 5.56 Å². The number of nitrogens with two attached hydrogens (primary N) is 1. The predicted octanol–water partition coefficient (Wildman–Crippen LogP) is 1.98. The largest absolute Gasteiger partial charge is 0.383 e. The average Bonchev–Trinajstić information content (AvgIpc) is 2.50. The summed E-state index contributed by atoms with van der Waals surface area (Å²) >= 11 is 0. The molecule has 2 unspecified atom stereocenters. The van der Waals surface area contributed by atoms with Crippen LogP contribution in [0.4, 0.5) is 0 Å². The number of carbonyl (C=O) groups excluding carboxylic acids is 1. The number of hydrogen-bond donors (Lipinski definition) is 1. The number of nitrogens with zero attached hydrogens (tertiary/aromatic N) is 1. The van der Waals surface area contributed by atoms with Crippen LogP contribution >= 0.6 is 0 Å². The van der Waals surface area contributed by atoms with Crippen LogP contribution in [-0.2, 0) is 9.53 Å². The third kappa shape index (κ3) is 4.47. The molecule has 20 heavy (non-hydrogen) atoms. The lowest BCUT2D eigenvalue weighted by Gasteiger charge is -2.27. The van der Waals surface area contributed by atoms with E-state index in [1.54, 1.807) is 18.1 Å². The lowest BCUT2D eigenvalue weighted by atomic mass is 9.94. The van der Waals surface area contributed by atoms with Gasteiger partial charge in [-0.05, 0) is 5.56 Å². The van der Waals surface area contributed by atoms with Crippen LogP contribution in [0.25, 0.3) is 0 Å². The molecule has 0 bridgehead atoms. The first-order valence-corrected chi connectivity index (χ1v) is 6.81. The zero-order chi connectivity index (χ0) is 15.0. The Labute approximate surface area is 121 Å². The number of amides is 1. The molecule has 0 spiro atoms. The van der Waals surface area contributed by atoms with E-state index in [1.807, 2.05) is 37.3 Å². The first-order valence-electron chi connectivity index (χ1n) is 6.81. The fourth-order valence-corrected chi connectivity index (χ4v) is 2.05. The molecule has 1 aromatic rings. The van der Waals surface area contributed by atoms with E-state index < -0.39 is 0 Å². The number of ether oxygens (including phenoxy) is 1. The van der Waals surface area contributed by atoms with Crippen molar-refractivity contribution < 1.29 is 9.53 Å². The van der Waals surface area contributed by atoms with Gasteiger partial charge in [0.25, 0.3) is 0 Å². The summed E-state index contributed by atoms with van der Waals surface area (Å²) in [4.78, 5) is 14.2. The van der Waals surface area contributed by atoms with Gasteiger partial charge in [0.05, 0.1) is 12.5 Å². The Hall–Kier alpha value is -1.65. The van der Waals surface area contributed by atoms with Gasteiger partial charge in [0.1, 0.15) is 0 Å². The zero-order valence-electron chi connectivity index (χ0n) is 12.3. The summed E-state index contributed by atoms with van der Waals surface area (Å²) in [6.07, 6.45) is 1.72. The number of methoxy groups -OCH3 is 1. The molecule has 1 amide bonds. The van der Waals surface area contributed by atoms with Crippen molar-refractivity contribution in [2.45, 2.75) is 13.0 Å². The van der Waals surface area contributed by atoms with Crippen molar-refractivity contribution >= 4 is 5.91 Å². The van der Waals surface area contributed by atoms with Gasteiger partial charge < -0.3 is 15.4 Å². The van der Waals surface area contributed by atoms with Gasteiger partial charge in [-0.25, -0.2) is 0 Å². The van der Waals surface area contributed by atoms with Crippen molar-refractivity contribution in [1.29, 1.82) is 0 Å². The minimum absolute atomic E-state index is 0.0262. The van der Waals surface area contributed by atoms with Gasteiger partial charge in [-0.3, -0.25) is 4.79 Å². The standard InChI is InChI=1S/C16H24N2O2/c1-4-10-18(11-12-20-3)16(19)13(2)15(17)14-8-6-5-7-9-14/h4-9,13,15H,1,10-12,17H2,2-3H3. The summed E-state index contributed by atoms with van der Waals surface area (Å²) in [7, 11) is 1.62. The molecule has 2 N–H and O–H groups in total. The molecule has 1 aromatic carbocycles. The Balaban J connectivity index is 2.74. The smallest absolute Gasteiger partial charge is 0.227 e. The van der Waals surface area contributed by atoms with Crippen LogP contribution in [0.15, 0.2) is 43.0 Å². The van der Waals surface area contributed by atoms with Crippen LogP contribution < -0.4 is 5.73 Å². The molecule has 4 heteroatoms. The van der Waals surface area contributed by atoms with Crippen LogP contribution in [0, 0.1) is 5.92 Å². The van der Waals surface area contributed by atoms with Crippen LogP contribution in [0.3, 0.4) is 0 Å². The van der Waals surface area contributed by atoms with E-state index in [1.165, 1.54) is 0 Å². The normalized spacial score (nSPS) is 13.6. The third-order valence-corrected chi connectivity index (χ3v) is 3.34. The molecule has 4 nitrogen and oxygen atoms in total.